The molecule has 46 heavy (non-hydrogen) atoms. The Balaban J connectivity index is 1.12. The van der Waals surface area contributed by atoms with Crippen LogP contribution in [0.2, 0.25) is 6.82 Å². The zero-order chi connectivity index (χ0) is 31.7. The molecule has 3 aromatic rings. The Hall–Kier alpha value is -3.21. The van der Waals surface area contributed by atoms with Gasteiger partial charge in [-0.05, 0) is 75.1 Å². The van der Waals surface area contributed by atoms with E-state index in [-0.39, 0.29) is 17.6 Å². The summed E-state index contributed by atoms with van der Waals surface area (Å²) in [5, 5.41) is 10.1. The SMILES string of the molecule is CB(O)N1CC2CN(c3nc4ccccc4n(C4CCN(C5(C(=O)OCc6ccccc6)CCCCCCC5)CC4)c3=O)CC2C1. The number of para-hydroxylation sites is 2. The highest BCUT2D eigenvalue weighted by atomic mass is 16.5. The third-order valence-corrected chi connectivity index (χ3v) is 11.3. The van der Waals surface area contributed by atoms with Crippen LogP contribution in [0.3, 0.4) is 0 Å². The van der Waals surface area contributed by atoms with Crippen molar-refractivity contribution in [3.05, 3.63) is 70.5 Å². The topological polar surface area (TPSA) is 91.1 Å². The number of hydrogen-bond acceptors (Lipinski definition) is 8. The molecule has 0 spiro atoms. The summed E-state index contributed by atoms with van der Waals surface area (Å²) in [7, 11) is -0.437. The second kappa shape index (κ2) is 13.5. The zero-order valence-corrected chi connectivity index (χ0v) is 27.2. The van der Waals surface area contributed by atoms with Gasteiger partial charge in [-0.15, -0.1) is 0 Å². The first kappa shape index (κ1) is 31.4. The van der Waals surface area contributed by atoms with Crippen molar-refractivity contribution in [2.75, 3.05) is 44.2 Å². The van der Waals surface area contributed by atoms with Gasteiger partial charge in [0.1, 0.15) is 12.1 Å². The fourth-order valence-corrected chi connectivity index (χ4v) is 8.77. The van der Waals surface area contributed by atoms with E-state index in [1.54, 1.807) is 0 Å². The molecule has 1 aromatic heterocycles. The second-order valence-electron chi connectivity index (χ2n) is 14.2. The number of rotatable bonds is 7. The maximum atomic E-state index is 14.3. The van der Waals surface area contributed by atoms with Crippen molar-refractivity contribution in [1.29, 1.82) is 0 Å². The zero-order valence-electron chi connectivity index (χ0n) is 27.2. The number of fused-ring (bicyclic) bond motifs is 2. The molecule has 0 bridgehead atoms. The summed E-state index contributed by atoms with van der Waals surface area (Å²) in [5.41, 5.74) is 2.13. The van der Waals surface area contributed by atoms with Crippen LogP contribution in [0.5, 0.6) is 0 Å². The van der Waals surface area contributed by atoms with Crippen LogP contribution in [0.25, 0.3) is 11.0 Å². The van der Waals surface area contributed by atoms with Crippen molar-refractivity contribution in [3.8, 4) is 0 Å². The van der Waals surface area contributed by atoms with Gasteiger partial charge in [-0.2, -0.15) is 0 Å². The Labute approximate surface area is 272 Å². The van der Waals surface area contributed by atoms with Gasteiger partial charge in [-0.25, -0.2) is 4.98 Å². The number of benzene rings is 2. The first-order chi connectivity index (χ1) is 22.4. The van der Waals surface area contributed by atoms with Gasteiger partial charge in [0.05, 0.1) is 11.0 Å². The maximum absolute atomic E-state index is 14.3. The highest BCUT2D eigenvalue weighted by molar-refractivity contribution is 6.45. The molecular weight excluding hydrogens is 577 g/mol. The number of ether oxygens (including phenoxy) is 1. The molecule has 3 aliphatic heterocycles. The standard InChI is InChI=1S/C36H48BN5O4/c1-37(45)41-24-28-22-39(23-29(28)25-41)33-34(43)42(32-15-9-8-14-31(32)38-33)30-16-20-40(21-17-30)36(18-10-3-2-4-11-19-36)35(44)46-26-27-12-6-5-7-13-27/h5-9,12-15,28-30,45H,2-4,10-11,16-26H2,1H3. The van der Waals surface area contributed by atoms with Gasteiger partial charge in [-0.3, -0.25) is 14.5 Å². The number of nitrogens with zero attached hydrogens (tertiary/aromatic N) is 5. The van der Waals surface area contributed by atoms with Gasteiger partial charge in [0.2, 0.25) is 0 Å². The van der Waals surface area contributed by atoms with Gasteiger partial charge < -0.3 is 24.0 Å². The van der Waals surface area contributed by atoms with E-state index in [9.17, 15) is 14.6 Å². The molecule has 9 nitrogen and oxygen atoms in total. The molecule has 7 rings (SSSR count). The lowest BCUT2D eigenvalue weighted by Crippen LogP contribution is -2.58. The summed E-state index contributed by atoms with van der Waals surface area (Å²) in [6.07, 6.45) is 8.87. The third-order valence-electron chi connectivity index (χ3n) is 11.3. The van der Waals surface area contributed by atoms with E-state index >= 15 is 0 Å². The van der Waals surface area contributed by atoms with E-state index < -0.39 is 12.6 Å². The second-order valence-corrected chi connectivity index (χ2v) is 14.2. The minimum absolute atomic E-state index is 0.00700. The van der Waals surface area contributed by atoms with Crippen molar-refractivity contribution < 1.29 is 14.6 Å². The van der Waals surface area contributed by atoms with Gasteiger partial charge in [0.15, 0.2) is 5.82 Å². The van der Waals surface area contributed by atoms with E-state index in [0.717, 1.165) is 107 Å². The molecule has 2 unspecified atom stereocenters. The number of aromatic nitrogens is 2. The summed E-state index contributed by atoms with van der Waals surface area (Å²) in [5.74, 6) is 1.33. The third kappa shape index (κ3) is 6.11. The van der Waals surface area contributed by atoms with Crippen LogP contribution in [0.4, 0.5) is 5.82 Å². The molecule has 1 N–H and O–H groups in total. The van der Waals surface area contributed by atoms with Crippen LogP contribution in [0, 0.1) is 11.8 Å². The average Bonchev–Trinajstić information content (AvgIpc) is 3.65. The lowest BCUT2D eigenvalue weighted by molar-refractivity contribution is -0.163. The largest absolute Gasteiger partial charge is 0.459 e. The van der Waals surface area contributed by atoms with Crippen LogP contribution >= 0.6 is 0 Å². The summed E-state index contributed by atoms with van der Waals surface area (Å²) >= 11 is 0. The van der Waals surface area contributed by atoms with Crippen molar-refractivity contribution in [3.63, 3.8) is 0 Å². The van der Waals surface area contributed by atoms with E-state index in [1.165, 1.54) is 6.42 Å². The van der Waals surface area contributed by atoms with Crippen LogP contribution in [-0.4, -0.2) is 82.1 Å². The molecule has 4 fully saturated rings. The molecule has 10 heteroatoms. The van der Waals surface area contributed by atoms with E-state index in [0.29, 0.717) is 24.3 Å². The highest BCUT2D eigenvalue weighted by Gasteiger charge is 2.47. The normalized spacial score (nSPS) is 24.4. The first-order valence-corrected chi connectivity index (χ1v) is 17.6. The predicted octanol–water partition coefficient (Wildman–Crippen LogP) is 4.74. The summed E-state index contributed by atoms with van der Waals surface area (Å²) in [6, 6.07) is 18.0. The molecule has 4 aliphatic rings. The van der Waals surface area contributed by atoms with Crippen molar-refractivity contribution in [2.45, 2.75) is 82.8 Å². The molecule has 244 valence electrons. The van der Waals surface area contributed by atoms with E-state index in [1.807, 2.05) is 66.0 Å². The fraction of sp³-hybridized carbons (Fsp3) is 0.583. The van der Waals surface area contributed by atoms with E-state index in [4.69, 9.17) is 9.72 Å². The highest BCUT2D eigenvalue weighted by Crippen LogP contribution is 2.38. The number of carbonyl (C=O) groups is 1. The molecule has 0 amide bonds. The van der Waals surface area contributed by atoms with Gasteiger partial charge in [-0.1, -0.05) is 74.6 Å². The fourth-order valence-electron chi connectivity index (χ4n) is 8.77. The smallest absolute Gasteiger partial charge is 0.376 e. The lowest BCUT2D eigenvalue weighted by Gasteiger charge is -2.46. The average molecular weight is 626 g/mol. The summed E-state index contributed by atoms with van der Waals surface area (Å²) < 4.78 is 8.08. The molecule has 1 saturated carbocycles. The molecule has 1 aliphatic carbocycles. The minimum atomic E-state index is -0.607. The maximum Gasteiger partial charge on any atom is 0.376 e. The monoisotopic (exact) mass is 625 g/mol. The van der Waals surface area contributed by atoms with E-state index in [2.05, 4.69) is 14.6 Å². The summed E-state index contributed by atoms with van der Waals surface area (Å²) in [4.78, 5) is 40.0. The van der Waals surface area contributed by atoms with Gasteiger partial charge >= 0.3 is 13.0 Å². The van der Waals surface area contributed by atoms with Gasteiger partial charge in [0.25, 0.3) is 5.56 Å². The Kier molecular flexibility index (Phi) is 9.21. The number of hydrogen-bond donors (Lipinski definition) is 1. The van der Waals surface area contributed by atoms with Crippen molar-refractivity contribution >= 4 is 29.9 Å². The Morgan fingerprint density at radius 3 is 2.22 bits per heavy atom. The van der Waals surface area contributed by atoms with Crippen LogP contribution in [-0.2, 0) is 16.1 Å². The van der Waals surface area contributed by atoms with Crippen molar-refractivity contribution in [2.24, 2.45) is 11.8 Å². The first-order valence-electron chi connectivity index (χ1n) is 17.6. The molecule has 4 heterocycles. The number of piperidine rings is 1. The van der Waals surface area contributed by atoms with Gasteiger partial charge in [0, 0.05) is 32.2 Å². The van der Waals surface area contributed by atoms with Crippen LogP contribution in [0.15, 0.2) is 59.4 Å². The summed E-state index contributed by atoms with van der Waals surface area (Å²) in [6.45, 7) is 6.94. The quantitative estimate of drug-likeness (QED) is 0.298. The van der Waals surface area contributed by atoms with Crippen LogP contribution in [0.1, 0.15) is 69.4 Å². The number of likely N-dealkylation sites (tertiary alicyclic amines) is 1. The van der Waals surface area contributed by atoms with Crippen molar-refractivity contribution in [1.82, 2.24) is 19.3 Å². The Bertz CT molecular complexity index is 1550. The molecular formula is C36H48BN5O4. The number of anilines is 1. The molecule has 0 radical (unpaired) electrons. The Morgan fingerprint density at radius 2 is 1.54 bits per heavy atom. The molecule has 2 aromatic carbocycles. The van der Waals surface area contributed by atoms with Crippen LogP contribution < -0.4 is 10.5 Å². The predicted molar refractivity (Wildman–Crippen MR) is 182 cm³/mol. The molecule has 3 saturated heterocycles. The minimum Gasteiger partial charge on any atom is -0.459 e. The lowest BCUT2D eigenvalue weighted by atomic mass is 9.81. The number of esters is 1. The molecule has 2 atom stereocenters. The Morgan fingerprint density at radius 1 is 0.913 bits per heavy atom. The number of carbonyl (C=O) groups excluding carboxylic acids is 1.